The van der Waals surface area contributed by atoms with Crippen LogP contribution in [0.1, 0.15) is 21.1 Å². The van der Waals surface area contributed by atoms with E-state index in [1.165, 1.54) is 10.9 Å². The molecule has 3 heterocycles. The third-order valence-corrected chi connectivity index (χ3v) is 3.87. The number of ether oxygens (including phenoxy) is 1. The normalized spacial score (nSPS) is 26.2. The zero-order valence-corrected chi connectivity index (χ0v) is 12.3. The van der Waals surface area contributed by atoms with Gasteiger partial charge in [-0.1, -0.05) is 14.9 Å². The quantitative estimate of drug-likeness (QED) is 0.418. The SMILES string of the molecule is C.C.O=c1[nH]cnc2c1ncn2[C@@H]1O[C@H](COP(=O)(O)O)C(O)[C@@H]1O. The summed E-state index contributed by atoms with van der Waals surface area (Å²) in [7, 11) is -4.74. The number of imidazole rings is 1. The summed E-state index contributed by atoms with van der Waals surface area (Å²) in [6, 6.07) is 0. The molecule has 1 saturated heterocycles. The minimum atomic E-state index is -4.74. The molecule has 0 aliphatic carbocycles. The Bertz CT molecular complexity index is 817. The second-order valence-electron chi connectivity index (χ2n) is 4.89. The third kappa shape index (κ3) is 4.12. The Morgan fingerprint density at radius 3 is 2.60 bits per heavy atom. The van der Waals surface area contributed by atoms with Gasteiger partial charge in [0.05, 0.1) is 19.3 Å². The Labute approximate surface area is 142 Å². The topological polar surface area (TPSA) is 180 Å². The second kappa shape index (κ2) is 7.70. The highest BCUT2D eigenvalue weighted by Gasteiger charge is 2.45. The van der Waals surface area contributed by atoms with Gasteiger partial charge in [-0.25, -0.2) is 14.5 Å². The van der Waals surface area contributed by atoms with Gasteiger partial charge in [0.1, 0.15) is 18.3 Å². The van der Waals surface area contributed by atoms with Crippen molar-refractivity contribution in [2.24, 2.45) is 0 Å². The molecule has 2 aromatic heterocycles. The van der Waals surface area contributed by atoms with Gasteiger partial charge in [0.2, 0.25) is 0 Å². The average molecular weight is 380 g/mol. The molecule has 0 bridgehead atoms. The van der Waals surface area contributed by atoms with Crippen LogP contribution in [0, 0.1) is 0 Å². The molecule has 0 radical (unpaired) electrons. The average Bonchev–Trinajstić information content (AvgIpc) is 3.01. The predicted molar refractivity (Wildman–Crippen MR) is 85.5 cm³/mol. The molecule has 0 spiro atoms. The standard InChI is InChI=1S/C10H13N4O8P.2CH4/c15-6-4(1-21-23(18,19)20)22-10(7(6)16)14-3-13-5-8(14)11-2-12-9(5)17;;/h2-4,6-7,10,15-16H,1H2,(H,11,12,17)(H2,18,19,20);2*1H4/t4-,6?,7+,10-;;/m1../s1. The van der Waals surface area contributed by atoms with Crippen LogP contribution in [-0.4, -0.2) is 64.4 Å². The summed E-state index contributed by atoms with van der Waals surface area (Å²) in [5.74, 6) is 0. The lowest BCUT2D eigenvalue weighted by Crippen LogP contribution is -2.33. The molecule has 13 heteroatoms. The van der Waals surface area contributed by atoms with Crippen molar-refractivity contribution in [3.8, 4) is 0 Å². The largest absolute Gasteiger partial charge is 0.469 e. The number of hydrogen-bond donors (Lipinski definition) is 5. The lowest BCUT2D eigenvalue weighted by Gasteiger charge is -2.16. The highest BCUT2D eigenvalue weighted by molar-refractivity contribution is 7.46. The zero-order chi connectivity index (χ0) is 16.8. The van der Waals surface area contributed by atoms with Crippen molar-refractivity contribution in [3.63, 3.8) is 0 Å². The first-order chi connectivity index (χ1) is 10.8. The fraction of sp³-hybridized carbons (Fsp3) is 0.583. The fourth-order valence-corrected chi connectivity index (χ4v) is 2.66. The molecular formula is C12H21N4O8P. The second-order valence-corrected chi connectivity index (χ2v) is 6.13. The van der Waals surface area contributed by atoms with Crippen molar-refractivity contribution in [3.05, 3.63) is 23.0 Å². The number of nitrogens with one attached hydrogen (secondary N) is 1. The van der Waals surface area contributed by atoms with Gasteiger partial charge in [-0.2, -0.15) is 0 Å². The van der Waals surface area contributed by atoms with E-state index in [1.807, 2.05) is 0 Å². The summed E-state index contributed by atoms with van der Waals surface area (Å²) >= 11 is 0. The number of phosphoric ester groups is 1. The molecule has 0 saturated carbocycles. The predicted octanol–water partition coefficient (Wildman–Crippen LogP) is -0.880. The van der Waals surface area contributed by atoms with Gasteiger partial charge in [0, 0.05) is 0 Å². The lowest BCUT2D eigenvalue weighted by molar-refractivity contribution is -0.0504. The van der Waals surface area contributed by atoms with Gasteiger partial charge in [-0.05, 0) is 0 Å². The minimum Gasteiger partial charge on any atom is -0.387 e. The van der Waals surface area contributed by atoms with Crippen molar-refractivity contribution in [2.75, 3.05) is 6.61 Å². The summed E-state index contributed by atoms with van der Waals surface area (Å²) in [4.78, 5) is 39.1. The number of phosphoric acid groups is 1. The smallest absolute Gasteiger partial charge is 0.387 e. The number of fused-ring (bicyclic) bond motifs is 1. The Morgan fingerprint density at radius 1 is 1.28 bits per heavy atom. The number of H-pyrrole nitrogens is 1. The molecule has 1 aliphatic rings. The van der Waals surface area contributed by atoms with Gasteiger partial charge < -0.3 is 29.7 Å². The van der Waals surface area contributed by atoms with Crippen molar-refractivity contribution in [1.29, 1.82) is 0 Å². The maximum absolute atomic E-state index is 11.6. The summed E-state index contributed by atoms with van der Waals surface area (Å²) in [5.41, 5.74) is -0.336. The molecule has 0 amide bonds. The van der Waals surface area contributed by atoms with E-state index in [1.54, 1.807) is 0 Å². The third-order valence-electron chi connectivity index (χ3n) is 3.38. The van der Waals surface area contributed by atoms with Gasteiger partial charge in [-0.15, -0.1) is 0 Å². The van der Waals surface area contributed by atoms with E-state index < -0.39 is 44.5 Å². The molecule has 12 nitrogen and oxygen atoms in total. The molecule has 1 aliphatic heterocycles. The van der Waals surface area contributed by atoms with Gasteiger partial charge in [-0.3, -0.25) is 13.9 Å². The number of aliphatic hydroxyl groups excluding tert-OH is 2. The number of aromatic nitrogens is 4. The monoisotopic (exact) mass is 380 g/mol. The first kappa shape index (κ1) is 21.4. The molecule has 1 unspecified atom stereocenters. The molecule has 25 heavy (non-hydrogen) atoms. The molecular weight excluding hydrogens is 359 g/mol. The minimum absolute atomic E-state index is 0. The maximum Gasteiger partial charge on any atom is 0.469 e. The van der Waals surface area contributed by atoms with Crippen LogP contribution >= 0.6 is 7.82 Å². The summed E-state index contributed by atoms with van der Waals surface area (Å²) in [6.45, 7) is -0.625. The van der Waals surface area contributed by atoms with Crippen LogP contribution in [0.2, 0.25) is 0 Å². The highest BCUT2D eigenvalue weighted by Crippen LogP contribution is 2.38. The number of nitrogens with zero attached hydrogens (tertiary/aromatic N) is 3. The highest BCUT2D eigenvalue weighted by atomic mass is 31.2. The summed E-state index contributed by atoms with van der Waals surface area (Å²) < 4.78 is 21.6. The van der Waals surface area contributed by atoms with E-state index in [-0.39, 0.29) is 26.0 Å². The van der Waals surface area contributed by atoms with Crippen LogP contribution in [-0.2, 0) is 13.8 Å². The van der Waals surface area contributed by atoms with Crippen molar-refractivity contribution in [2.45, 2.75) is 39.4 Å². The Morgan fingerprint density at radius 2 is 1.96 bits per heavy atom. The molecule has 4 atom stereocenters. The molecule has 2 aromatic rings. The van der Waals surface area contributed by atoms with Crippen molar-refractivity contribution < 1.29 is 33.8 Å². The van der Waals surface area contributed by atoms with Crippen LogP contribution in [0.5, 0.6) is 0 Å². The van der Waals surface area contributed by atoms with E-state index in [2.05, 4.69) is 19.5 Å². The Balaban J connectivity index is 0.00000156. The number of aromatic amines is 1. The van der Waals surface area contributed by atoms with Crippen LogP contribution in [0.25, 0.3) is 11.2 Å². The molecule has 142 valence electrons. The number of hydrogen-bond acceptors (Lipinski definition) is 8. The van der Waals surface area contributed by atoms with Gasteiger partial charge in [0.25, 0.3) is 5.56 Å². The van der Waals surface area contributed by atoms with Gasteiger partial charge in [0.15, 0.2) is 17.4 Å². The van der Waals surface area contributed by atoms with Crippen LogP contribution < -0.4 is 5.56 Å². The van der Waals surface area contributed by atoms with Crippen LogP contribution in [0.3, 0.4) is 0 Å². The number of aliphatic hydroxyl groups is 2. The van der Waals surface area contributed by atoms with E-state index in [9.17, 15) is 19.6 Å². The maximum atomic E-state index is 11.6. The fourth-order valence-electron chi connectivity index (χ4n) is 2.32. The molecule has 5 N–H and O–H groups in total. The molecule has 1 fully saturated rings. The lowest BCUT2D eigenvalue weighted by atomic mass is 10.1. The van der Waals surface area contributed by atoms with Crippen molar-refractivity contribution >= 4 is 19.0 Å². The van der Waals surface area contributed by atoms with Gasteiger partial charge >= 0.3 is 7.82 Å². The first-order valence-electron chi connectivity index (χ1n) is 6.40. The summed E-state index contributed by atoms with van der Waals surface area (Å²) in [5, 5.41) is 20.0. The van der Waals surface area contributed by atoms with E-state index in [0.29, 0.717) is 0 Å². The Kier molecular flexibility index (Phi) is 6.59. The van der Waals surface area contributed by atoms with E-state index >= 15 is 0 Å². The molecule has 0 aromatic carbocycles. The first-order valence-corrected chi connectivity index (χ1v) is 7.93. The Hall–Kier alpha value is -1.66. The van der Waals surface area contributed by atoms with E-state index in [4.69, 9.17) is 14.5 Å². The summed E-state index contributed by atoms with van der Waals surface area (Å²) in [6.07, 6.45) is -2.85. The van der Waals surface area contributed by atoms with E-state index in [0.717, 1.165) is 6.33 Å². The van der Waals surface area contributed by atoms with Crippen LogP contribution in [0.4, 0.5) is 0 Å². The van der Waals surface area contributed by atoms with Crippen molar-refractivity contribution in [1.82, 2.24) is 19.5 Å². The zero-order valence-electron chi connectivity index (χ0n) is 11.4. The molecule has 3 rings (SSSR count). The van der Waals surface area contributed by atoms with Crippen LogP contribution in [0.15, 0.2) is 17.4 Å². The number of rotatable bonds is 4.